The predicted octanol–water partition coefficient (Wildman–Crippen LogP) is 2.57. The molecule has 1 N–H and O–H groups in total. The molecule has 0 spiro atoms. The first-order valence-electron chi connectivity index (χ1n) is 5.91. The van der Waals surface area contributed by atoms with Gasteiger partial charge in [-0.05, 0) is 31.5 Å². The van der Waals surface area contributed by atoms with Gasteiger partial charge in [-0.3, -0.25) is 4.79 Å². The third-order valence-corrected chi connectivity index (χ3v) is 3.12. The molecule has 0 aliphatic carbocycles. The average molecular weight is 257 g/mol. The average Bonchev–Trinajstić information content (AvgIpc) is 2.74. The van der Waals surface area contributed by atoms with Crippen LogP contribution in [0.25, 0.3) is 0 Å². The molecule has 0 aliphatic rings. The summed E-state index contributed by atoms with van der Waals surface area (Å²) in [4.78, 5) is 23.4. The first-order valence-corrected chi connectivity index (χ1v) is 5.91. The molecule has 4 nitrogen and oxygen atoms in total. The lowest BCUT2D eigenvalue weighted by atomic mass is 9.99. The van der Waals surface area contributed by atoms with Crippen LogP contribution in [0.2, 0.25) is 0 Å². The first kappa shape index (κ1) is 13.1. The topological polar surface area (TPSA) is 59.3 Å². The molecule has 98 valence electrons. The van der Waals surface area contributed by atoms with Gasteiger partial charge in [-0.15, -0.1) is 0 Å². The highest BCUT2D eigenvalue weighted by Crippen LogP contribution is 2.17. The highest BCUT2D eigenvalue weighted by Gasteiger charge is 2.17. The van der Waals surface area contributed by atoms with Crippen molar-refractivity contribution in [1.82, 2.24) is 4.57 Å². The van der Waals surface area contributed by atoms with Gasteiger partial charge in [0.25, 0.3) is 0 Å². The molecular weight excluding hydrogens is 242 g/mol. The number of aromatic carboxylic acids is 1. The molecule has 1 heterocycles. The maximum absolute atomic E-state index is 12.4. The van der Waals surface area contributed by atoms with E-state index >= 15 is 0 Å². The number of carbonyl (C=O) groups excluding carboxylic acids is 1. The van der Waals surface area contributed by atoms with Crippen LogP contribution in [0.5, 0.6) is 0 Å². The zero-order chi connectivity index (χ0) is 14.2. The summed E-state index contributed by atoms with van der Waals surface area (Å²) >= 11 is 0. The summed E-state index contributed by atoms with van der Waals surface area (Å²) < 4.78 is 1.45. The number of hydrogen-bond donors (Lipinski definition) is 1. The van der Waals surface area contributed by atoms with Gasteiger partial charge in [0.05, 0.1) is 0 Å². The van der Waals surface area contributed by atoms with Gasteiger partial charge < -0.3 is 9.67 Å². The Hall–Kier alpha value is -2.36. The summed E-state index contributed by atoms with van der Waals surface area (Å²) in [5, 5.41) is 9.00. The number of rotatable bonds is 3. The van der Waals surface area contributed by atoms with Crippen LogP contribution in [0.15, 0.2) is 30.5 Å². The number of hydrogen-bond acceptors (Lipinski definition) is 2. The highest BCUT2D eigenvalue weighted by atomic mass is 16.4. The Morgan fingerprint density at radius 2 is 1.84 bits per heavy atom. The normalized spacial score (nSPS) is 10.5. The van der Waals surface area contributed by atoms with Crippen molar-refractivity contribution in [3.05, 3.63) is 58.4 Å². The predicted molar refractivity (Wildman–Crippen MR) is 71.7 cm³/mol. The van der Waals surface area contributed by atoms with E-state index in [0.717, 1.165) is 11.1 Å². The van der Waals surface area contributed by atoms with E-state index in [9.17, 15) is 9.59 Å². The van der Waals surface area contributed by atoms with E-state index in [0.29, 0.717) is 11.1 Å². The lowest BCUT2D eigenvalue weighted by Gasteiger charge is -2.04. The Morgan fingerprint density at radius 1 is 1.16 bits per heavy atom. The Morgan fingerprint density at radius 3 is 2.42 bits per heavy atom. The number of nitrogens with zero attached hydrogens (tertiary/aromatic N) is 1. The van der Waals surface area contributed by atoms with Crippen molar-refractivity contribution in [3.63, 3.8) is 0 Å². The van der Waals surface area contributed by atoms with E-state index in [4.69, 9.17) is 5.11 Å². The molecule has 0 saturated carbocycles. The molecule has 0 radical (unpaired) electrons. The fraction of sp³-hybridized carbons (Fsp3) is 0.200. The van der Waals surface area contributed by atoms with Crippen molar-refractivity contribution in [3.8, 4) is 0 Å². The number of carbonyl (C=O) groups is 2. The molecule has 1 aromatic heterocycles. The van der Waals surface area contributed by atoms with Gasteiger partial charge in [-0.25, -0.2) is 4.79 Å². The Labute approximate surface area is 111 Å². The molecule has 0 unspecified atom stereocenters. The summed E-state index contributed by atoms with van der Waals surface area (Å²) in [6, 6.07) is 7.07. The van der Waals surface area contributed by atoms with Gasteiger partial charge in [0, 0.05) is 24.4 Å². The number of carboxylic acid groups (broad SMARTS) is 1. The largest absolute Gasteiger partial charge is 0.477 e. The second kappa shape index (κ2) is 4.72. The van der Waals surface area contributed by atoms with Crippen LogP contribution in [0.1, 0.15) is 37.5 Å². The summed E-state index contributed by atoms with van der Waals surface area (Å²) in [6.45, 7) is 3.79. The molecule has 0 fully saturated rings. The van der Waals surface area contributed by atoms with Gasteiger partial charge in [0.15, 0.2) is 5.78 Å². The minimum atomic E-state index is -1.04. The third kappa shape index (κ3) is 2.42. The number of ketones is 1. The second-order valence-electron chi connectivity index (χ2n) is 4.68. The zero-order valence-corrected chi connectivity index (χ0v) is 11.1. The molecule has 0 bridgehead atoms. The van der Waals surface area contributed by atoms with Crippen molar-refractivity contribution in [1.29, 1.82) is 0 Å². The minimum Gasteiger partial charge on any atom is -0.477 e. The summed E-state index contributed by atoms with van der Waals surface area (Å²) in [5.41, 5.74) is 3.00. The molecule has 0 saturated heterocycles. The molecule has 0 amide bonds. The Kier molecular flexibility index (Phi) is 3.25. The molecule has 2 rings (SSSR count). The van der Waals surface area contributed by atoms with E-state index < -0.39 is 5.97 Å². The van der Waals surface area contributed by atoms with Crippen molar-refractivity contribution in [2.24, 2.45) is 7.05 Å². The first-order chi connectivity index (χ1) is 8.90. The van der Waals surface area contributed by atoms with Crippen LogP contribution < -0.4 is 0 Å². The van der Waals surface area contributed by atoms with Gasteiger partial charge in [-0.2, -0.15) is 0 Å². The zero-order valence-electron chi connectivity index (χ0n) is 11.1. The monoisotopic (exact) mass is 257 g/mol. The van der Waals surface area contributed by atoms with Crippen LogP contribution in [0.4, 0.5) is 0 Å². The molecule has 1 aromatic carbocycles. The van der Waals surface area contributed by atoms with Crippen LogP contribution in [-0.4, -0.2) is 21.4 Å². The van der Waals surface area contributed by atoms with Crippen molar-refractivity contribution < 1.29 is 14.7 Å². The Bertz CT molecular complexity index is 668. The van der Waals surface area contributed by atoms with Crippen LogP contribution >= 0.6 is 0 Å². The number of aryl methyl sites for hydroxylation is 3. The molecule has 0 aliphatic heterocycles. The third-order valence-electron chi connectivity index (χ3n) is 3.12. The molecule has 19 heavy (non-hydrogen) atoms. The van der Waals surface area contributed by atoms with E-state index in [1.807, 2.05) is 32.0 Å². The van der Waals surface area contributed by atoms with Gasteiger partial charge in [0.1, 0.15) is 5.69 Å². The maximum Gasteiger partial charge on any atom is 0.352 e. The molecule has 0 atom stereocenters. The second-order valence-corrected chi connectivity index (χ2v) is 4.68. The number of carboxylic acids is 1. The van der Waals surface area contributed by atoms with Crippen molar-refractivity contribution in [2.45, 2.75) is 13.8 Å². The van der Waals surface area contributed by atoms with Gasteiger partial charge >= 0.3 is 5.97 Å². The van der Waals surface area contributed by atoms with E-state index in [-0.39, 0.29) is 11.5 Å². The lowest BCUT2D eigenvalue weighted by molar-refractivity contribution is 0.0686. The molecular formula is C15H15NO3. The minimum absolute atomic E-state index is 0.105. The van der Waals surface area contributed by atoms with Crippen molar-refractivity contribution >= 4 is 11.8 Å². The Balaban J connectivity index is 2.47. The van der Waals surface area contributed by atoms with E-state index in [1.165, 1.54) is 10.6 Å². The van der Waals surface area contributed by atoms with Gasteiger partial charge in [-0.1, -0.05) is 17.7 Å². The van der Waals surface area contributed by atoms with Crippen molar-refractivity contribution in [2.75, 3.05) is 0 Å². The SMILES string of the molecule is Cc1ccc(C)c(C(=O)c2cc(C(=O)O)n(C)c2)c1. The smallest absolute Gasteiger partial charge is 0.352 e. The van der Waals surface area contributed by atoms with Crippen LogP contribution in [0, 0.1) is 13.8 Å². The number of aromatic nitrogens is 1. The number of benzene rings is 1. The fourth-order valence-corrected chi connectivity index (χ4v) is 2.04. The standard InChI is InChI=1S/C15H15NO3/c1-9-4-5-10(2)12(6-9)14(17)11-7-13(15(18)19)16(3)8-11/h4-8H,1-3H3,(H,18,19). The van der Waals surface area contributed by atoms with E-state index in [2.05, 4.69) is 0 Å². The summed E-state index contributed by atoms with van der Waals surface area (Å²) in [5.74, 6) is -1.19. The fourth-order valence-electron chi connectivity index (χ4n) is 2.04. The van der Waals surface area contributed by atoms with Gasteiger partial charge in [0.2, 0.25) is 0 Å². The molecule has 4 heteroatoms. The van der Waals surface area contributed by atoms with Crippen LogP contribution in [0.3, 0.4) is 0 Å². The summed E-state index contributed by atoms with van der Waals surface area (Å²) in [7, 11) is 1.61. The maximum atomic E-state index is 12.4. The lowest BCUT2D eigenvalue weighted by Crippen LogP contribution is -2.03. The van der Waals surface area contributed by atoms with Crippen LogP contribution in [-0.2, 0) is 7.05 Å². The van der Waals surface area contributed by atoms with E-state index in [1.54, 1.807) is 13.2 Å². The summed E-state index contributed by atoms with van der Waals surface area (Å²) in [6.07, 6.45) is 1.55. The quantitative estimate of drug-likeness (QED) is 0.860. The molecule has 2 aromatic rings. The highest BCUT2D eigenvalue weighted by molar-refractivity contribution is 6.10.